The number of hydrogen-bond donors (Lipinski definition) is 2. The van der Waals surface area contributed by atoms with Crippen LogP contribution in [0.15, 0.2) is 42.5 Å². The third-order valence-electron chi connectivity index (χ3n) is 4.05. The lowest BCUT2D eigenvalue weighted by molar-refractivity contribution is -0.142. The zero-order valence-electron chi connectivity index (χ0n) is 15.5. The van der Waals surface area contributed by atoms with Crippen LogP contribution in [0.3, 0.4) is 0 Å². The number of aryl methyl sites for hydroxylation is 1. The van der Waals surface area contributed by atoms with Crippen molar-refractivity contribution in [3.8, 4) is 17.2 Å². The highest BCUT2D eigenvalue weighted by molar-refractivity contribution is 5.84. The molecule has 2 aromatic rings. The Balaban J connectivity index is 2.07. The molecule has 0 radical (unpaired) electrons. The number of ether oxygens (including phenoxy) is 3. The fourth-order valence-electron chi connectivity index (χ4n) is 2.70. The zero-order chi connectivity index (χ0) is 19.8. The Bertz CT molecular complexity index is 765. The van der Waals surface area contributed by atoms with E-state index in [4.69, 9.17) is 14.2 Å². The lowest BCUT2D eigenvalue weighted by atomic mass is 10.1. The second kappa shape index (κ2) is 9.47. The van der Waals surface area contributed by atoms with Gasteiger partial charge in [0.15, 0.2) is 17.5 Å². The van der Waals surface area contributed by atoms with Crippen molar-refractivity contribution in [1.29, 1.82) is 0 Å². The van der Waals surface area contributed by atoms with Crippen molar-refractivity contribution in [1.82, 2.24) is 5.32 Å². The summed E-state index contributed by atoms with van der Waals surface area (Å²) < 4.78 is 15.9. The van der Waals surface area contributed by atoms with Crippen LogP contribution in [0.4, 0.5) is 0 Å². The van der Waals surface area contributed by atoms with Crippen molar-refractivity contribution in [2.45, 2.75) is 18.9 Å². The number of carbonyl (C=O) groups excluding carboxylic acids is 1. The number of methoxy groups -OCH3 is 3. The molecule has 27 heavy (non-hydrogen) atoms. The van der Waals surface area contributed by atoms with Crippen molar-refractivity contribution < 1.29 is 28.9 Å². The molecule has 0 aliphatic heterocycles. The fraction of sp³-hybridized carbons (Fsp3) is 0.300. The quantitative estimate of drug-likeness (QED) is 0.702. The molecule has 0 aliphatic rings. The van der Waals surface area contributed by atoms with E-state index in [1.165, 1.54) is 21.3 Å². The number of carboxylic acids is 1. The number of hydrogen-bond acceptors (Lipinski definition) is 5. The highest BCUT2D eigenvalue weighted by atomic mass is 16.5. The van der Waals surface area contributed by atoms with Crippen LogP contribution in [-0.2, 0) is 16.0 Å². The van der Waals surface area contributed by atoms with E-state index in [0.717, 1.165) is 5.56 Å². The minimum atomic E-state index is -1.11. The normalized spacial score (nSPS) is 11.4. The zero-order valence-corrected chi connectivity index (χ0v) is 15.5. The first kappa shape index (κ1) is 20.1. The number of amides is 1. The Kier molecular flexibility index (Phi) is 7.05. The number of rotatable bonds is 9. The molecule has 2 aromatic carbocycles. The molecule has 0 heterocycles. The van der Waals surface area contributed by atoms with Crippen LogP contribution in [0, 0.1) is 0 Å². The number of carbonyl (C=O) groups is 2. The van der Waals surface area contributed by atoms with E-state index in [1.54, 1.807) is 42.5 Å². The molecule has 0 saturated carbocycles. The summed E-state index contributed by atoms with van der Waals surface area (Å²) in [5.41, 5.74) is 1.33. The molecule has 0 saturated heterocycles. The number of benzene rings is 2. The molecule has 7 nitrogen and oxygen atoms in total. The van der Waals surface area contributed by atoms with E-state index in [2.05, 4.69) is 5.32 Å². The molecular formula is C20H23NO6. The smallest absolute Gasteiger partial charge is 0.330 e. The first-order chi connectivity index (χ1) is 13.0. The molecule has 2 N–H and O–H groups in total. The van der Waals surface area contributed by atoms with Gasteiger partial charge >= 0.3 is 5.97 Å². The standard InChI is InChI=1S/C20H23NO6/c1-25-15-11-13(12-16(26-2)19(15)27-3)9-10-17(22)21-18(20(23)24)14-7-5-4-6-8-14/h4-8,11-12,18H,9-10H2,1-3H3,(H,21,22)(H,23,24)/t18-/m0/s1. The first-order valence-corrected chi connectivity index (χ1v) is 8.36. The maximum atomic E-state index is 12.3. The van der Waals surface area contributed by atoms with Crippen LogP contribution in [0.25, 0.3) is 0 Å². The summed E-state index contributed by atoms with van der Waals surface area (Å²) in [6.45, 7) is 0. The fourth-order valence-corrected chi connectivity index (χ4v) is 2.70. The Morgan fingerprint density at radius 3 is 2.07 bits per heavy atom. The molecular weight excluding hydrogens is 350 g/mol. The van der Waals surface area contributed by atoms with E-state index < -0.39 is 12.0 Å². The molecule has 0 fully saturated rings. The van der Waals surface area contributed by atoms with Crippen molar-refractivity contribution in [3.05, 3.63) is 53.6 Å². The van der Waals surface area contributed by atoms with Crippen molar-refractivity contribution in [2.75, 3.05) is 21.3 Å². The SMILES string of the molecule is COc1cc(CCC(=O)N[C@H](C(=O)O)c2ccccc2)cc(OC)c1OC. The van der Waals surface area contributed by atoms with Crippen LogP contribution in [0.5, 0.6) is 17.2 Å². The Morgan fingerprint density at radius 2 is 1.59 bits per heavy atom. The molecule has 2 rings (SSSR count). The Labute approximate surface area is 157 Å². The molecule has 7 heteroatoms. The van der Waals surface area contributed by atoms with Gasteiger partial charge in [0.05, 0.1) is 21.3 Å². The van der Waals surface area contributed by atoms with Gasteiger partial charge in [0, 0.05) is 6.42 Å². The predicted molar refractivity (Wildman–Crippen MR) is 99.4 cm³/mol. The second-order valence-electron chi connectivity index (χ2n) is 5.78. The highest BCUT2D eigenvalue weighted by Crippen LogP contribution is 2.38. The van der Waals surface area contributed by atoms with Crippen LogP contribution in [-0.4, -0.2) is 38.3 Å². The van der Waals surface area contributed by atoms with Crippen molar-refractivity contribution in [2.24, 2.45) is 0 Å². The topological polar surface area (TPSA) is 94.1 Å². The van der Waals surface area contributed by atoms with Crippen LogP contribution in [0.1, 0.15) is 23.6 Å². The van der Waals surface area contributed by atoms with Crippen molar-refractivity contribution >= 4 is 11.9 Å². The van der Waals surface area contributed by atoms with E-state index in [0.29, 0.717) is 29.2 Å². The number of carboxylic acid groups (broad SMARTS) is 1. The molecule has 0 unspecified atom stereocenters. The predicted octanol–water partition coefficient (Wildman–Crippen LogP) is 2.59. The molecule has 0 bridgehead atoms. The average molecular weight is 373 g/mol. The molecule has 0 aliphatic carbocycles. The largest absolute Gasteiger partial charge is 0.493 e. The molecule has 144 valence electrons. The molecule has 1 amide bonds. The van der Waals surface area contributed by atoms with Gasteiger partial charge in [-0.05, 0) is 29.7 Å². The minimum Gasteiger partial charge on any atom is -0.493 e. The van der Waals surface area contributed by atoms with Crippen molar-refractivity contribution in [3.63, 3.8) is 0 Å². The van der Waals surface area contributed by atoms with E-state index in [1.807, 2.05) is 0 Å². The van der Waals surface area contributed by atoms with Gasteiger partial charge in [-0.25, -0.2) is 4.79 Å². The van der Waals surface area contributed by atoms with Gasteiger partial charge in [-0.15, -0.1) is 0 Å². The van der Waals surface area contributed by atoms with E-state index >= 15 is 0 Å². The van der Waals surface area contributed by atoms with E-state index in [-0.39, 0.29) is 12.3 Å². The Morgan fingerprint density at radius 1 is 1.00 bits per heavy atom. The van der Waals surface area contributed by atoms with Crippen LogP contribution >= 0.6 is 0 Å². The first-order valence-electron chi connectivity index (χ1n) is 8.36. The number of aliphatic carboxylic acids is 1. The lowest BCUT2D eigenvalue weighted by Crippen LogP contribution is -2.33. The van der Waals surface area contributed by atoms with Gasteiger partial charge in [-0.3, -0.25) is 4.79 Å². The summed E-state index contributed by atoms with van der Waals surface area (Å²) in [5.74, 6) is 0.00507. The molecule has 1 atom stereocenters. The maximum absolute atomic E-state index is 12.3. The summed E-state index contributed by atoms with van der Waals surface area (Å²) in [7, 11) is 4.55. The van der Waals surface area contributed by atoms with Gasteiger partial charge in [0.25, 0.3) is 0 Å². The average Bonchev–Trinajstić information content (AvgIpc) is 2.69. The number of nitrogens with one attached hydrogen (secondary N) is 1. The van der Waals surface area contributed by atoms with Gasteiger partial charge in [0.1, 0.15) is 0 Å². The van der Waals surface area contributed by atoms with Crippen LogP contribution < -0.4 is 19.5 Å². The summed E-state index contributed by atoms with van der Waals surface area (Å²) in [4.78, 5) is 23.8. The summed E-state index contributed by atoms with van der Waals surface area (Å²) >= 11 is 0. The summed E-state index contributed by atoms with van der Waals surface area (Å²) in [6, 6.07) is 11.0. The third-order valence-corrected chi connectivity index (χ3v) is 4.05. The van der Waals surface area contributed by atoms with E-state index in [9.17, 15) is 14.7 Å². The molecule has 0 aromatic heterocycles. The minimum absolute atomic E-state index is 0.120. The Hall–Kier alpha value is -3.22. The van der Waals surface area contributed by atoms with Crippen LogP contribution in [0.2, 0.25) is 0 Å². The monoisotopic (exact) mass is 373 g/mol. The van der Waals surface area contributed by atoms with Gasteiger partial charge < -0.3 is 24.6 Å². The van der Waals surface area contributed by atoms with Gasteiger partial charge in [-0.2, -0.15) is 0 Å². The third kappa shape index (κ3) is 5.13. The molecule has 0 spiro atoms. The second-order valence-corrected chi connectivity index (χ2v) is 5.78. The maximum Gasteiger partial charge on any atom is 0.330 e. The lowest BCUT2D eigenvalue weighted by Gasteiger charge is -2.16. The van der Waals surface area contributed by atoms with Gasteiger partial charge in [-0.1, -0.05) is 30.3 Å². The van der Waals surface area contributed by atoms with Gasteiger partial charge in [0.2, 0.25) is 11.7 Å². The summed E-state index contributed by atoms with van der Waals surface area (Å²) in [6.07, 6.45) is 0.513. The highest BCUT2D eigenvalue weighted by Gasteiger charge is 2.22. The summed E-state index contributed by atoms with van der Waals surface area (Å²) in [5, 5.41) is 12.0.